The van der Waals surface area contributed by atoms with Gasteiger partial charge in [-0.1, -0.05) is 25.0 Å². The second-order valence-electron chi connectivity index (χ2n) is 6.33. The minimum atomic E-state index is -0.176. The van der Waals surface area contributed by atoms with Crippen molar-refractivity contribution in [1.29, 1.82) is 0 Å². The van der Waals surface area contributed by atoms with Crippen LogP contribution in [0.5, 0.6) is 5.75 Å². The third-order valence-electron chi connectivity index (χ3n) is 4.70. The number of rotatable bonds is 4. The van der Waals surface area contributed by atoms with Gasteiger partial charge in [-0.05, 0) is 42.2 Å². The second-order valence-corrected chi connectivity index (χ2v) is 6.33. The Morgan fingerprint density at radius 3 is 2.64 bits per heavy atom. The maximum atomic E-state index is 12.7. The van der Waals surface area contributed by atoms with Gasteiger partial charge in [0.25, 0.3) is 5.56 Å². The predicted octanol–water partition coefficient (Wildman–Crippen LogP) is 3.35. The van der Waals surface area contributed by atoms with E-state index in [-0.39, 0.29) is 5.56 Å². The van der Waals surface area contributed by atoms with Crippen molar-refractivity contribution in [3.05, 3.63) is 46.9 Å². The predicted molar refractivity (Wildman–Crippen MR) is 98.0 cm³/mol. The van der Waals surface area contributed by atoms with Gasteiger partial charge in [-0.25, -0.2) is 4.98 Å². The molecule has 6 heteroatoms. The Morgan fingerprint density at radius 1 is 1.16 bits per heavy atom. The number of aromatic amines is 1. The molecular weight excluding hydrogens is 316 g/mol. The molecule has 1 saturated carbocycles. The van der Waals surface area contributed by atoms with Gasteiger partial charge in [0.05, 0.1) is 12.5 Å². The summed E-state index contributed by atoms with van der Waals surface area (Å²) in [7, 11) is 1.63. The summed E-state index contributed by atoms with van der Waals surface area (Å²) >= 11 is 0. The van der Waals surface area contributed by atoms with Crippen molar-refractivity contribution >= 4 is 17.0 Å². The molecule has 4 rings (SSSR count). The van der Waals surface area contributed by atoms with Crippen molar-refractivity contribution in [2.24, 2.45) is 0 Å². The summed E-state index contributed by atoms with van der Waals surface area (Å²) in [4.78, 5) is 24.4. The van der Waals surface area contributed by atoms with E-state index >= 15 is 0 Å². The molecule has 0 amide bonds. The third kappa shape index (κ3) is 3.07. The van der Waals surface area contributed by atoms with Crippen molar-refractivity contribution in [2.45, 2.75) is 31.7 Å². The van der Waals surface area contributed by atoms with Crippen LogP contribution in [0.3, 0.4) is 0 Å². The minimum absolute atomic E-state index is 0.176. The van der Waals surface area contributed by atoms with E-state index in [4.69, 9.17) is 4.74 Å². The molecule has 128 valence electrons. The van der Waals surface area contributed by atoms with Crippen LogP contribution < -0.4 is 15.6 Å². The zero-order chi connectivity index (χ0) is 17.2. The Kier molecular flexibility index (Phi) is 4.09. The number of anilines is 1. The first-order chi connectivity index (χ1) is 12.2. The Balaban J connectivity index is 1.76. The van der Waals surface area contributed by atoms with Gasteiger partial charge < -0.3 is 10.1 Å². The Labute approximate surface area is 145 Å². The molecule has 1 fully saturated rings. The maximum absolute atomic E-state index is 12.7. The van der Waals surface area contributed by atoms with Gasteiger partial charge in [0.2, 0.25) is 5.95 Å². The quantitative estimate of drug-likeness (QED) is 0.764. The highest BCUT2D eigenvalue weighted by molar-refractivity contribution is 5.92. The zero-order valence-electron chi connectivity index (χ0n) is 14.1. The number of aromatic nitrogens is 3. The van der Waals surface area contributed by atoms with Crippen LogP contribution in [0.2, 0.25) is 0 Å². The van der Waals surface area contributed by atoms with Gasteiger partial charge in [-0.15, -0.1) is 0 Å². The van der Waals surface area contributed by atoms with Gasteiger partial charge in [0.15, 0.2) is 5.65 Å². The molecule has 1 aliphatic rings. The van der Waals surface area contributed by atoms with Crippen molar-refractivity contribution in [3.63, 3.8) is 0 Å². The molecule has 2 N–H and O–H groups in total. The first-order valence-corrected chi connectivity index (χ1v) is 8.54. The fraction of sp³-hybridized carbons (Fsp3) is 0.316. The van der Waals surface area contributed by atoms with Crippen LogP contribution in [0.25, 0.3) is 22.2 Å². The van der Waals surface area contributed by atoms with E-state index in [0.29, 0.717) is 23.0 Å². The van der Waals surface area contributed by atoms with E-state index in [1.165, 1.54) is 12.8 Å². The van der Waals surface area contributed by atoms with E-state index in [1.807, 2.05) is 30.3 Å². The number of hydrogen-bond donors (Lipinski definition) is 2. The van der Waals surface area contributed by atoms with Crippen LogP contribution in [-0.4, -0.2) is 28.1 Å². The summed E-state index contributed by atoms with van der Waals surface area (Å²) in [5, 5.41) is 3.83. The number of ether oxygens (including phenoxy) is 1. The molecule has 2 heterocycles. The number of pyridine rings is 1. The fourth-order valence-electron chi connectivity index (χ4n) is 3.41. The normalized spacial score (nSPS) is 14.8. The second kappa shape index (κ2) is 6.55. The summed E-state index contributed by atoms with van der Waals surface area (Å²) in [6.07, 6.45) is 6.35. The van der Waals surface area contributed by atoms with E-state index in [1.54, 1.807) is 13.3 Å². The number of methoxy groups -OCH3 is 1. The highest BCUT2D eigenvalue weighted by Gasteiger charge is 2.17. The molecule has 0 aliphatic heterocycles. The molecule has 1 aliphatic carbocycles. The van der Waals surface area contributed by atoms with Crippen LogP contribution in [0, 0.1) is 0 Å². The molecule has 2 aromatic heterocycles. The number of H-pyrrole nitrogens is 1. The Morgan fingerprint density at radius 2 is 1.92 bits per heavy atom. The molecule has 1 aromatic carbocycles. The highest BCUT2D eigenvalue weighted by atomic mass is 16.5. The van der Waals surface area contributed by atoms with Crippen molar-refractivity contribution < 1.29 is 4.74 Å². The first-order valence-electron chi connectivity index (χ1n) is 8.54. The van der Waals surface area contributed by atoms with Gasteiger partial charge in [0.1, 0.15) is 5.75 Å². The standard InChI is InChI=1S/C19H20N4O2/c1-25-14-8-6-12(7-9-14)15-10-11-20-17-16(15)18(24)23-19(22-17)21-13-4-2-3-5-13/h6-11,13H,2-5H2,1H3,(H2,20,21,22,23,24). The first kappa shape index (κ1) is 15.6. The number of hydrogen-bond acceptors (Lipinski definition) is 5. The molecule has 0 bridgehead atoms. The third-order valence-corrected chi connectivity index (χ3v) is 4.70. The molecule has 0 unspecified atom stereocenters. The lowest BCUT2D eigenvalue weighted by Crippen LogP contribution is -2.20. The van der Waals surface area contributed by atoms with E-state index in [9.17, 15) is 4.79 Å². The van der Waals surface area contributed by atoms with Crippen LogP contribution in [0.15, 0.2) is 41.3 Å². The summed E-state index contributed by atoms with van der Waals surface area (Å²) in [6.45, 7) is 0. The van der Waals surface area contributed by atoms with E-state index in [0.717, 1.165) is 29.7 Å². The molecule has 25 heavy (non-hydrogen) atoms. The van der Waals surface area contributed by atoms with Crippen LogP contribution in [0.4, 0.5) is 5.95 Å². The largest absolute Gasteiger partial charge is 0.497 e. The zero-order valence-corrected chi connectivity index (χ0v) is 14.1. The molecule has 0 saturated heterocycles. The van der Waals surface area contributed by atoms with Crippen LogP contribution in [0.1, 0.15) is 25.7 Å². The van der Waals surface area contributed by atoms with Crippen LogP contribution in [-0.2, 0) is 0 Å². The number of fused-ring (bicyclic) bond motifs is 1. The average Bonchev–Trinajstić information content (AvgIpc) is 3.14. The number of nitrogens with zero attached hydrogens (tertiary/aromatic N) is 2. The van der Waals surface area contributed by atoms with Gasteiger partial charge >= 0.3 is 0 Å². The monoisotopic (exact) mass is 336 g/mol. The summed E-state index contributed by atoms with van der Waals surface area (Å²) in [6, 6.07) is 9.82. The van der Waals surface area contributed by atoms with Gasteiger partial charge in [0, 0.05) is 12.2 Å². The summed E-state index contributed by atoms with van der Waals surface area (Å²) in [5.74, 6) is 1.28. The van der Waals surface area contributed by atoms with Crippen molar-refractivity contribution in [3.8, 4) is 16.9 Å². The van der Waals surface area contributed by atoms with Crippen molar-refractivity contribution in [2.75, 3.05) is 12.4 Å². The Bertz CT molecular complexity index is 944. The molecule has 0 spiro atoms. The topological polar surface area (TPSA) is 79.9 Å². The highest BCUT2D eigenvalue weighted by Crippen LogP contribution is 2.27. The summed E-state index contributed by atoms with van der Waals surface area (Å²) in [5.41, 5.74) is 2.02. The summed E-state index contributed by atoms with van der Waals surface area (Å²) < 4.78 is 5.19. The van der Waals surface area contributed by atoms with Gasteiger partial charge in [-0.2, -0.15) is 4.98 Å². The van der Waals surface area contributed by atoms with Gasteiger partial charge in [-0.3, -0.25) is 9.78 Å². The maximum Gasteiger partial charge on any atom is 0.262 e. The number of benzene rings is 1. The number of nitrogens with one attached hydrogen (secondary N) is 2. The SMILES string of the molecule is COc1ccc(-c2ccnc3nc(NC4CCCC4)[nH]c(=O)c23)cc1. The average molecular weight is 336 g/mol. The minimum Gasteiger partial charge on any atom is -0.497 e. The van der Waals surface area contributed by atoms with E-state index < -0.39 is 0 Å². The molecular formula is C19H20N4O2. The molecule has 0 atom stereocenters. The van der Waals surface area contributed by atoms with E-state index in [2.05, 4.69) is 20.3 Å². The lowest BCUT2D eigenvalue weighted by Gasteiger charge is -2.13. The van der Waals surface area contributed by atoms with Crippen LogP contribution >= 0.6 is 0 Å². The molecule has 6 nitrogen and oxygen atoms in total. The Hall–Kier alpha value is -2.89. The molecule has 0 radical (unpaired) electrons. The fourth-order valence-corrected chi connectivity index (χ4v) is 3.41. The smallest absolute Gasteiger partial charge is 0.262 e. The lowest BCUT2D eigenvalue weighted by atomic mass is 10.0. The molecule has 3 aromatic rings. The lowest BCUT2D eigenvalue weighted by molar-refractivity contribution is 0.415. The van der Waals surface area contributed by atoms with Crippen molar-refractivity contribution in [1.82, 2.24) is 15.0 Å².